The molecule has 2 N–H and O–H groups in total. The fraction of sp³-hybridized carbons (Fsp3) is 0.480. The van der Waals surface area contributed by atoms with Gasteiger partial charge >= 0.3 is 0 Å². The zero-order chi connectivity index (χ0) is 21.1. The Morgan fingerprint density at radius 2 is 1.84 bits per heavy atom. The third-order valence-electron chi connectivity index (χ3n) is 6.61. The van der Waals surface area contributed by atoms with Crippen LogP contribution in [0, 0.1) is 17.8 Å². The van der Waals surface area contributed by atoms with Crippen molar-refractivity contribution in [3.63, 3.8) is 0 Å². The van der Waals surface area contributed by atoms with Crippen molar-refractivity contribution < 1.29 is 9.84 Å². The summed E-state index contributed by atoms with van der Waals surface area (Å²) in [6, 6.07) is 14.4. The van der Waals surface area contributed by atoms with Crippen LogP contribution in [0.5, 0.6) is 0 Å². The Morgan fingerprint density at radius 1 is 1.06 bits per heavy atom. The van der Waals surface area contributed by atoms with Crippen LogP contribution in [-0.4, -0.2) is 71.5 Å². The van der Waals surface area contributed by atoms with Crippen molar-refractivity contribution in [3.8, 4) is 11.8 Å². The quantitative estimate of drug-likeness (QED) is 0.742. The van der Waals surface area contributed by atoms with E-state index in [4.69, 9.17) is 9.72 Å². The third kappa shape index (κ3) is 4.76. The van der Waals surface area contributed by atoms with Crippen LogP contribution in [-0.2, 0) is 11.2 Å². The van der Waals surface area contributed by atoms with Gasteiger partial charge in [0.1, 0.15) is 11.4 Å². The average molecular weight is 419 g/mol. The van der Waals surface area contributed by atoms with Gasteiger partial charge in [-0.05, 0) is 43.6 Å². The van der Waals surface area contributed by atoms with Crippen molar-refractivity contribution >= 4 is 5.82 Å². The first-order valence-electron chi connectivity index (χ1n) is 11.3. The summed E-state index contributed by atoms with van der Waals surface area (Å²) in [5.74, 6) is 7.65. The van der Waals surface area contributed by atoms with Crippen molar-refractivity contribution in [3.05, 3.63) is 59.3 Å². The second kappa shape index (κ2) is 8.97. The monoisotopic (exact) mass is 418 g/mol. The number of benzene rings is 1. The van der Waals surface area contributed by atoms with Crippen LogP contribution in [0.15, 0.2) is 42.5 Å². The van der Waals surface area contributed by atoms with Gasteiger partial charge in [-0.2, -0.15) is 0 Å². The lowest BCUT2D eigenvalue weighted by molar-refractivity contribution is -0.0713. The highest BCUT2D eigenvalue weighted by Crippen LogP contribution is 2.35. The minimum Gasteiger partial charge on any atom is -0.379 e. The molecule has 0 saturated carbocycles. The van der Waals surface area contributed by atoms with Crippen LogP contribution in [0.2, 0.25) is 0 Å². The fourth-order valence-corrected chi connectivity index (χ4v) is 4.79. The number of hydrogen-bond acceptors (Lipinski definition) is 6. The molecule has 6 heteroatoms. The smallest absolute Gasteiger partial charge is 0.141 e. The summed E-state index contributed by atoms with van der Waals surface area (Å²) in [5.41, 5.74) is 5.52. The van der Waals surface area contributed by atoms with Crippen molar-refractivity contribution in [1.29, 1.82) is 0 Å². The van der Waals surface area contributed by atoms with E-state index in [2.05, 4.69) is 39.3 Å². The van der Waals surface area contributed by atoms with Crippen molar-refractivity contribution in [2.24, 2.45) is 5.92 Å². The van der Waals surface area contributed by atoms with Gasteiger partial charge in [0, 0.05) is 37.5 Å². The van der Waals surface area contributed by atoms with E-state index < -0.39 is 5.60 Å². The summed E-state index contributed by atoms with van der Waals surface area (Å²) in [4.78, 5) is 7.23. The first-order valence-corrected chi connectivity index (χ1v) is 11.3. The minimum atomic E-state index is -0.911. The van der Waals surface area contributed by atoms with E-state index in [-0.39, 0.29) is 5.92 Å². The molecule has 0 radical (unpaired) electrons. The molecule has 1 aromatic heterocycles. The number of aliphatic hydroxyl groups is 1. The van der Waals surface area contributed by atoms with E-state index in [0.29, 0.717) is 13.0 Å². The number of morpholine rings is 1. The molecule has 4 fully saturated rings. The third-order valence-corrected chi connectivity index (χ3v) is 6.61. The molecule has 2 aromatic rings. The number of fused-ring (bicyclic) bond motifs is 3. The Labute approximate surface area is 184 Å². The number of aromatic nitrogens is 1. The molecule has 1 aromatic carbocycles. The largest absolute Gasteiger partial charge is 0.379 e. The van der Waals surface area contributed by atoms with Gasteiger partial charge in [0.25, 0.3) is 0 Å². The predicted octanol–water partition coefficient (Wildman–Crippen LogP) is 2.14. The Hall–Kier alpha value is -2.43. The molecule has 6 rings (SSSR count). The van der Waals surface area contributed by atoms with E-state index in [9.17, 15) is 5.11 Å². The molecule has 2 bridgehead atoms. The minimum absolute atomic E-state index is 0.276. The first-order chi connectivity index (χ1) is 15.2. The standard InChI is InChI=1S/C25H30N4O2/c30-25(19-28-12-9-22(25)10-13-28)11-8-21-6-7-24(27-29-14-16-31-17-15-29)26-23(21)18-20-4-2-1-3-5-20/h1-7,22,30H,9-10,12-19H2,(H,26,27). The van der Waals surface area contributed by atoms with Crippen LogP contribution in [0.4, 0.5) is 5.82 Å². The SMILES string of the molecule is OC1(C#Cc2ccc(NN3CCOCC3)nc2Cc2ccccc2)CN2CCC1CC2. The second-order valence-corrected chi connectivity index (χ2v) is 8.79. The van der Waals surface area contributed by atoms with Crippen molar-refractivity contribution in [1.82, 2.24) is 14.9 Å². The van der Waals surface area contributed by atoms with E-state index in [1.165, 1.54) is 5.56 Å². The van der Waals surface area contributed by atoms with Crippen LogP contribution in [0.3, 0.4) is 0 Å². The highest BCUT2D eigenvalue weighted by atomic mass is 16.5. The summed E-state index contributed by atoms with van der Waals surface area (Å²) in [5, 5.41) is 13.3. The van der Waals surface area contributed by atoms with Crippen molar-refractivity contribution in [2.75, 3.05) is 51.4 Å². The molecular formula is C25H30N4O2. The highest BCUT2D eigenvalue weighted by molar-refractivity contribution is 5.47. The molecule has 1 atom stereocenters. The maximum absolute atomic E-state index is 11.2. The lowest BCUT2D eigenvalue weighted by atomic mass is 9.75. The van der Waals surface area contributed by atoms with Crippen LogP contribution < -0.4 is 5.43 Å². The summed E-state index contributed by atoms with van der Waals surface area (Å²) in [7, 11) is 0. The molecule has 0 amide bonds. The van der Waals surface area contributed by atoms with Crippen LogP contribution in [0.1, 0.15) is 29.7 Å². The molecule has 31 heavy (non-hydrogen) atoms. The lowest BCUT2D eigenvalue weighted by Crippen LogP contribution is -2.58. The molecule has 5 heterocycles. The van der Waals surface area contributed by atoms with Gasteiger partial charge < -0.3 is 15.3 Å². The van der Waals surface area contributed by atoms with E-state index in [1.807, 2.05) is 30.3 Å². The maximum Gasteiger partial charge on any atom is 0.141 e. The van der Waals surface area contributed by atoms with Gasteiger partial charge in [0.2, 0.25) is 0 Å². The number of hydrogen-bond donors (Lipinski definition) is 2. The summed E-state index contributed by atoms with van der Waals surface area (Å²) >= 11 is 0. The van der Waals surface area contributed by atoms with Gasteiger partial charge in [-0.25, -0.2) is 9.99 Å². The zero-order valence-electron chi connectivity index (χ0n) is 17.9. The Morgan fingerprint density at radius 3 is 2.55 bits per heavy atom. The summed E-state index contributed by atoms with van der Waals surface area (Å²) in [6.45, 7) is 5.94. The Kier molecular flexibility index (Phi) is 5.93. The van der Waals surface area contributed by atoms with Crippen molar-refractivity contribution in [2.45, 2.75) is 24.9 Å². The molecule has 4 aliphatic heterocycles. The molecule has 162 valence electrons. The maximum atomic E-state index is 11.2. The number of hydrazine groups is 1. The zero-order valence-corrected chi connectivity index (χ0v) is 17.9. The second-order valence-electron chi connectivity index (χ2n) is 8.79. The average Bonchev–Trinajstić information content (AvgIpc) is 2.81. The Balaban J connectivity index is 1.42. The molecule has 4 aliphatic rings. The molecule has 1 unspecified atom stereocenters. The van der Waals surface area contributed by atoms with E-state index in [0.717, 1.165) is 69.3 Å². The lowest BCUT2D eigenvalue weighted by Gasteiger charge is -2.47. The van der Waals surface area contributed by atoms with Gasteiger partial charge in [0.15, 0.2) is 0 Å². The van der Waals surface area contributed by atoms with E-state index >= 15 is 0 Å². The molecule has 0 spiro atoms. The van der Waals surface area contributed by atoms with Crippen LogP contribution in [0.25, 0.3) is 0 Å². The number of nitrogens with zero attached hydrogens (tertiary/aromatic N) is 3. The van der Waals surface area contributed by atoms with Gasteiger partial charge in [-0.1, -0.05) is 42.2 Å². The first kappa shape index (κ1) is 20.5. The molecule has 6 nitrogen and oxygen atoms in total. The summed E-state index contributed by atoms with van der Waals surface area (Å²) < 4.78 is 5.43. The highest BCUT2D eigenvalue weighted by Gasteiger charge is 2.44. The number of anilines is 1. The molecule has 0 aliphatic carbocycles. The number of rotatable bonds is 4. The normalized spacial score (nSPS) is 28.0. The topological polar surface area (TPSA) is 60.9 Å². The summed E-state index contributed by atoms with van der Waals surface area (Å²) in [6.07, 6.45) is 2.77. The van der Waals surface area contributed by atoms with Gasteiger partial charge in [0.05, 0.1) is 18.9 Å². The molecular weight excluding hydrogens is 388 g/mol. The number of nitrogens with one attached hydrogen (secondary N) is 1. The van der Waals surface area contributed by atoms with E-state index in [1.54, 1.807) is 0 Å². The van der Waals surface area contributed by atoms with Gasteiger partial charge in [-0.3, -0.25) is 4.90 Å². The molecule has 4 saturated heterocycles. The Bertz CT molecular complexity index is 956. The fourth-order valence-electron chi connectivity index (χ4n) is 4.79. The number of pyridine rings is 1. The number of piperidine rings is 3. The number of ether oxygens (including phenoxy) is 1. The van der Waals surface area contributed by atoms with Gasteiger partial charge in [-0.15, -0.1) is 0 Å². The predicted molar refractivity (Wildman–Crippen MR) is 120 cm³/mol. The van der Waals surface area contributed by atoms with Crippen LogP contribution >= 0.6 is 0 Å².